The van der Waals surface area contributed by atoms with Gasteiger partial charge in [0.05, 0.1) is 25.4 Å². The van der Waals surface area contributed by atoms with Gasteiger partial charge in [0.2, 0.25) is 5.91 Å². The number of allylic oxidation sites excluding steroid dienone is 11. The van der Waals surface area contributed by atoms with Gasteiger partial charge >= 0.3 is 0 Å². The second kappa shape index (κ2) is 39.7. The quantitative estimate of drug-likeness (QED) is 0.0266. The molecule has 0 spiro atoms. The molecule has 9 nitrogen and oxygen atoms in total. The molecule has 0 saturated carbocycles. The largest absolute Gasteiger partial charge is 0.394 e. The van der Waals surface area contributed by atoms with Gasteiger partial charge < -0.3 is 40.3 Å². The van der Waals surface area contributed by atoms with E-state index in [1.54, 1.807) is 6.08 Å². The zero-order chi connectivity index (χ0) is 43.0. The Morgan fingerprint density at radius 3 is 1.53 bits per heavy atom. The second-order valence-electron chi connectivity index (χ2n) is 16.2. The Bertz CT molecular complexity index is 1150. The minimum absolute atomic E-state index is 0.191. The van der Waals surface area contributed by atoms with Gasteiger partial charge in [0.15, 0.2) is 6.29 Å². The predicted octanol–water partition coefficient (Wildman–Crippen LogP) is 10.2. The molecule has 9 heteroatoms. The van der Waals surface area contributed by atoms with E-state index in [1.165, 1.54) is 96.3 Å². The van der Waals surface area contributed by atoms with Gasteiger partial charge in [0, 0.05) is 6.42 Å². The number of carbonyl (C=O) groups is 1. The molecule has 7 atom stereocenters. The summed E-state index contributed by atoms with van der Waals surface area (Å²) in [6.07, 6.45) is 47.8. The minimum atomic E-state index is -1.56. The molecule has 340 valence electrons. The number of nitrogens with one attached hydrogen (secondary N) is 1. The van der Waals surface area contributed by atoms with Crippen molar-refractivity contribution in [2.24, 2.45) is 0 Å². The minimum Gasteiger partial charge on any atom is -0.394 e. The van der Waals surface area contributed by atoms with Crippen LogP contribution in [0, 0.1) is 0 Å². The molecule has 1 saturated heterocycles. The molecule has 0 radical (unpaired) electrons. The zero-order valence-electron chi connectivity index (χ0n) is 37.2. The van der Waals surface area contributed by atoms with Crippen molar-refractivity contribution < 1.29 is 39.8 Å². The average molecular weight is 830 g/mol. The molecular weight excluding hydrogens is 743 g/mol. The Morgan fingerprint density at radius 2 is 1.05 bits per heavy atom. The fourth-order valence-corrected chi connectivity index (χ4v) is 7.01. The van der Waals surface area contributed by atoms with Gasteiger partial charge in [-0.15, -0.1) is 0 Å². The molecule has 59 heavy (non-hydrogen) atoms. The van der Waals surface area contributed by atoms with Crippen molar-refractivity contribution in [3.63, 3.8) is 0 Å². The maximum Gasteiger partial charge on any atom is 0.220 e. The number of hydrogen-bond acceptors (Lipinski definition) is 8. The van der Waals surface area contributed by atoms with E-state index in [-0.39, 0.29) is 12.5 Å². The average Bonchev–Trinajstić information content (AvgIpc) is 3.23. The number of carbonyl (C=O) groups excluding carboxylic acids is 1. The Labute approximate surface area is 359 Å². The number of unbranched alkanes of at least 4 members (excludes halogenated alkanes) is 18. The van der Waals surface area contributed by atoms with Gasteiger partial charge in [-0.25, -0.2) is 0 Å². The second-order valence-corrected chi connectivity index (χ2v) is 16.2. The van der Waals surface area contributed by atoms with Crippen molar-refractivity contribution in [3.05, 3.63) is 72.9 Å². The van der Waals surface area contributed by atoms with E-state index in [0.717, 1.165) is 64.2 Å². The van der Waals surface area contributed by atoms with Crippen molar-refractivity contribution in [2.45, 2.75) is 224 Å². The van der Waals surface area contributed by atoms with E-state index in [2.05, 4.69) is 73.0 Å². The van der Waals surface area contributed by atoms with Crippen LogP contribution in [-0.2, 0) is 14.3 Å². The molecular formula is C50H87NO8. The summed E-state index contributed by atoms with van der Waals surface area (Å²) < 4.78 is 11.0. The van der Waals surface area contributed by atoms with E-state index < -0.39 is 49.5 Å². The van der Waals surface area contributed by atoms with Gasteiger partial charge in [-0.1, -0.05) is 189 Å². The topological polar surface area (TPSA) is 149 Å². The number of aliphatic hydroxyl groups is 5. The van der Waals surface area contributed by atoms with Crippen LogP contribution in [0.15, 0.2) is 72.9 Å². The monoisotopic (exact) mass is 830 g/mol. The van der Waals surface area contributed by atoms with Crippen LogP contribution in [0.2, 0.25) is 0 Å². The van der Waals surface area contributed by atoms with Gasteiger partial charge in [0.25, 0.3) is 0 Å². The number of ether oxygens (including phenoxy) is 2. The Morgan fingerprint density at radius 1 is 0.593 bits per heavy atom. The predicted molar refractivity (Wildman–Crippen MR) is 244 cm³/mol. The van der Waals surface area contributed by atoms with Gasteiger partial charge in [-0.2, -0.15) is 0 Å². The highest BCUT2D eigenvalue weighted by atomic mass is 16.7. The summed E-state index contributed by atoms with van der Waals surface area (Å²) in [6.45, 7) is 3.43. The molecule has 1 aliphatic rings. The van der Waals surface area contributed by atoms with E-state index in [9.17, 15) is 30.3 Å². The first-order chi connectivity index (χ1) is 28.8. The van der Waals surface area contributed by atoms with Crippen LogP contribution >= 0.6 is 0 Å². The summed E-state index contributed by atoms with van der Waals surface area (Å²) in [5, 5.41) is 53.4. The van der Waals surface area contributed by atoms with Crippen molar-refractivity contribution in [3.8, 4) is 0 Å². The summed E-state index contributed by atoms with van der Waals surface area (Å²) in [6, 6.07) is -0.801. The number of hydrogen-bond donors (Lipinski definition) is 6. The third-order valence-electron chi connectivity index (χ3n) is 10.8. The number of rotatable bonds is 38. The molecule has 6 N–H and O–H groups in total. The highest BCUT2D eigenvalue weighted by molar-refractivity contribution is 5.76. The maximum absolute atomic E-state index is 12.8. The summed E-state index contributed by atoms with van der Waals surface area (Å²) in [5.74, 6) is -0.191. The molecule has 0 bridgehead atoms. The molecule has 0 aromatic rings. The van der Waals surface area contributed by atoms with Crippen LogP contribution in [0.4, 0.5) is 0 Å². The standard InChI is InChI=1S/C50H87NO8/c1-3-5-7-8-9-10-11-12-13-14-15-16-17-18-19-20-21-22-23-24-25-26-27-28-29-30-31-32-33-34-35-36-38-40-46(54)51-43(44(53)39-37-6-4-2)42-58-50-49(57)48(56)47(55)45(41-52)59-50/h5,7,9-10,12-13,15-16,18-19,37,39,43-45,47-50,52-53,55-57H,3-4,6,8,11,14,17,20-36,38,40-42H2,1-2H3,(H,51,54)/b7-5-,10-9-,13-12-,16-15-,19-18-,39-37+. The lowest BCUT2D eigenvalue weighted by atomic mass is 9.99. The van der Waals surface area contributed by atoms with E-state index >= 15 is 0 Å². The molecule has 1 heterocycles. The zero-order valence-corrected chi connectivity index (χ0v) is 37.2. The normalized spacial score (nSPS) is 21.4. The SMILES string of the molecule is CC/C=C\C/C=C\C/C=C\C/C=C\C/C=C\CCCCCCCCCCCCCCCCCCCC(=O)NC(COC1OC(CO)C(O)C(O)C1O)C(O)/C=C/CCC. The summed E-state index contributed by atoms with van der Waals surface area (Å²) in [5.41, 5.74) is 0. The van der Waals surface area contributed by atoms with Crippen LogP contribution < -0.4 is 5.32 Å². The van der Waals surface area contributed by atoms with Crippen LogP contribution in [0.1, 0.15) is 181 Å². The van der Waals surface area contributed by atoms with Crippen LogP contribution in [0.3, 0.4) is 0 Å². The lowest BCUT2D eigenvalue weighted by Crippen LogP contribution is -2.60. The highest BCUT2D eigenvalue weighted by Crippen LogP contribution is 2.22. The van der Waals surface area contributed by atoms with Crippen LogP contribution in [0.25, 0.3) is 0 Å². The van der Waals surface area contributed by atoms with Crippen molar-refractivity contribution in [1.82, 2.24) is 5.32 Å². The lowest BCUT2D eigenvalue weighted by molar-refractivity contribution is -0.302. The van der Waals surface area contributed by atoms with E-state index in [1.807, 2.05) is 13.0 Å². The molecule has 0 aromatic carbocycles. The Kier molecular flexibility index (Phi) is 36.8. The van der Waals surface area contributed by atoms with Gasteiger partial charge in [-0.3, -0.25) is 4.79 Å². The number of aliphatic hydroxyl groups excluding tert-OH is 5. The lowest BCUT2D eigenvalue weighted by Gasteiger charge is -2.40. The molecule has 1 fully saturated rings. The molecule has 1 amide bonds. The Balaban J connectivity index is 1.99. The molecule has 7 unspecified atom stereocenters. The first kappa shape index (κ1) is 54.6. The fraction of sp³-hybridized carbons (Fsp3) is 0.740. The molecule has 0 aromatic heterocycles. The smallest absolute Gasteiger partial charge is 0.220 e. The Hall–Kier alpha value is -2.37. The van der Waals surface area contributed by atoms with Gasteiger partial charge in [0.1, 0.15) is 24.4 Å². The van der Waals surface area contributed by atoms with Crippen LogP contribution in [-0.4, -0.2) is 87.5 Å². The van der Waals surface area contributed by atoms with E-state index in [4.69, 9.17) is 9.47 Å². The fourth-order valence-electron chi connectivity index (χ4n) is 7.01. The summed E-state index contributed by atoms with van der Waals surface area (Å²) in [7, 11) is 0. The summed E-state index contributed by atoms with van der Waals surface area (Å²) >= 11 is 0. The summed E-state index contributed by atoms with van der Waals surface area (Å²) in [4.78, 5) is 12.8. The third-order valence-corrected chi connectivity index (χ3v) is 10.8. The molecule has 0 aliphatic carbocycles. The first-order valence-corrected chi connectivity index (χ1v) is 23.7. The van der Waals surface area contributed by atoms with Crippen molar-refractivity contribution in [1.29, 1.82) is 0 Å². The maximum atomic E-state index is 12.8. The molecule has 1 rings (SSSR count). The molecule has 1 aliphatic heterocycles. The number of amides is 1. The van der Waals surface area contributed by atoms with Crippen LogP contribution in [0.5, 0.6) is 0 Å². The first-order valence-electron chi connectivity index (χ1n) is 23.7. The van der Waals surface area contributed by atoms with Gasteiger partial charge in [-0.05, 0) is 57.8 Å². The van der Waals surface area contributed by atoms with Crippen molar-refractivity contribution >= 4 is 5.91 Å². The van der Waals surface area contributed by atoms with E-state index in [0.29, 0.717) is 6.42 Å². The highest BCUT2D eigenvalue weighted by Gasteiger charge is 2.44. The van der Waals surface area contributed by atoms with Crippen molar-refractivity contribution in [2.75, 3.05) is 13.2 Å². The third kappa shape index (κ3) is 30.3.